The van der Waals surface area contributed by atoms with Crippen molar-refractivity contribution in [3.63, 3.8) is 0 Å². The van der Waals surface area contributed by atoms with E-state index in [1.54, 1.807) is 6.92 Å². The summed E-state index contributed by atoms with van der Waals surface area (Å²) in [6.07, 6.45) is 10.0. The molecule has 0 aromatic rings. The van der Waals surface area contributed by atoms with E-state index < -0.39 is 0 Å². The van der Waals surface area contributed by atoms with E-state index in [1.807, 2.05) is 9.80 Å². The lowest BCUT2D eigenvalue weighted by Crippen LogP contribution is -2.43. The molecule has 0 spiro atoms. The maximum Gasteiger partial charge on any atom is 0.224 e. The highest BCUT2D eigenvalue weighted by molar-refractivity contribution is 5.78. The van der Waals surface area contributed by atoms with Crippen LogP contribution in [0, 0.1) is 5.92 Å². The van der Waals surface area contributed by atoms with Gasteiger partial charge < -0.3 is 9.80 Å². The summed E-state index contributed by atoms with van der Waals surface area (Å²) in [7, 11) is 0. The highest BCUT2D eigenvalue weighted by atomic mass is 16.2. The van der Waals surface area contributed by atoms with Gasteiger partial charge in [0.05, 0.1) is 0 Å². The SMILES string of the molecule is CC(=O)N(CCC(=O)N1CCCC(C)C1)C1CCCCCC1. The summed E-state index contributed by atoms with van der Waals surface area (Å²) in [5.74, 6) is 0.974. The predicted octanol–water partition coefficient (Wildman–Crippen LogP) is 3.21. The molecule has 126 valence electrons. The van der Waals surface area contributed by atoms with Crippen molar-refractivity contribution >= 4 is 11.8 Å². The molecule has 2 rings (SSSR count). The first-order valence-corrected chi connectivity index (χ1v) is 9.13. The molecule has 4 heteroatoms. The minimum atomic E-state index is 0.131. The van der Waals surface area contributed by atoms with Crippen LogP contribution in [0.3, 0.4) is 0 Å². The number of likely N-dealkylation sites (tertiary alicyclic amines) is 1. The summed E-state index contributed by atoms with van der Waals surface area (Å²) in [6, 6.07) is 0.355. The van der Waals surface area contributed by atoms with E-state index in [0.717, 1.165) is 32.4 Å². The van der Waals surface area contributed by atoms with Crippen LogP contribution in [0.4, 0.5) is 0 Å². The van der Waals surface area contributed by atoms with Crippen molar-refractivity contribution in [1.29, 1.82) is 0 Å². The molecule has 2 amide bonds. The van der Waals surface area contributed by atoms with Gasteiger partial charge in [-0.2, -0.15) is 0 Å². The fraction of sp³-hybridized carbons (Fsp3) is 0.889. The third kappa shape index (κ3) is 4.99. The molecule has 1 saturated heterocycles. The maximum absolute atomic E-state index is 12.4. The molecule has 1 aliphatic heterocycles. The molecular weight excluding hydrogens is 276 g/mol. The number of hydrogen-bond acceptors (Lipinski definition) is 2. The van der Waals surface area contributed by atoms with E-state index in [4.69, 9.17) is 0 Å². The molecule has 1 saturated carbocycles. The van der Waals surface area contributed by atoms with Crippen molar-refractivity contribution in [3.8, 4) is 0 Å². The molecule has 0 aromatic heterocycles. The van der Waals surface area contributed by atoms with Crippen LogP contribution in [-0.2, 0) is 9.59 Å². The molecule has 4 nitrogen and oxygen atoms in total. The average molecular weight is 308 g/mol. The van der Waals surface area contributed by atoms with Gasteiger partial charge in [-0.1, -0.05) is 32.6 Å². The first-order valence-electron chi connectivity index (χ1n) is 9.13. The molecule has 22 heavy (non-hydrogen) atoms. The van der Waals surface area contributed by atoms with E-state index in [1.165, 1.54) is 32.1 Å². The van der Waals surface area contributed by atoms with Gasteiger partial charge in [-0.05, 0) is 31.6 Å². The van der Waals surface area contributed by atoms with Crippen LogP contribution in [-0.4, -0.2) is 47.3 Å². The molecule has 0 aromatic carbocycles. The summed E-state index contributed by atoms with van der Waals surface area (Å²) in [5, 5.41) is 0. The number of carbonyl (C=O) groups is 2. The summed E-state index contributed by atoms with van der Waals surface area (Å²) in [6.45, 7) is 6.25. The van der Waals surface area contributed by atoms with Crippen LogP contribution < -0.4 is 0 Å². The number of piperidine rings is 1. The third-order valence-electron chi connectivity index (χ3n) is 5.25. The Bertz CT molecular complexity index is 375. The number of rotatable bonds is 4. The standard InChI is InChI=1S/C18H32N2O2/c1-15-8-7-12-19(14-15)18(22)11-13-20(16(2)21)17-9-5-3-4-6-10-17/h15,17H,3-14H2,1-2H3. The molecule has 0 bridgehead atoms. The highest BCUT2D eigenvalue weighted by Gasteiger charge is 2.25. The van der Waals surface area contributed by atoms with Gasteiger partial charge in [-0.15, -0.1) is 0 Å². The fourth-order valence-electron chi connectivity index (χ4n) is 3.96. The van der Waals surface area contributed by atoms with Gasteiger partial charge in [0.1, 0.15) is 0 Å². The Labute approximate surface area is 135 Å². The molecule has 1 heterocycles. The van der Waals surface area contributed by atoms with Gasteiger partial charge in [-0.25, -0.2) is 0 Å². The lowest BCUT2D eigenvalue weighted by molar-refractivity contribution is -0.135. The van der Waals surface area contributed by atoms with Crippen molar-refractivity contribution < 1.29 is 9.59 Å². The molecule has 0 N–H and O–H groups in total. The minimum absolute atomic E-state index is 0.131. The third-order valence-corrected chi connectivity index (χ3v) is 5.25. The molecule has 1 aliphatic carbocycles. The molecule has 2 fully saturated rings. The van der Waals surface area contributed by atoms with Gasteiger partial charge >= 0.3 is 0 Å². The average Bonchev–Trinajstić information content (AvgIpc) is 2.76. The van der Waals surface area contributed by atoms with Crippen LogP contribution in [0.2, 0.25) is 0 Å². The van der Waals surface area contributed by atoms with Crippen LogP contribution in [0.25, 0.3) is 0 Å². The Hall–Kier alpha value is -1.06. The molecular formula is C18H32N2O2. The largest absolute Gasteiger partial charge is 0.342 e. The normalized spacial score (nSPS) is 23.9. The molecule has 1 unspecified atom stereocenters. The van der Waals surface area contributed by atoms with Crippen LogP contribution >= 0.6 is 0 Å². The quantitative estimate of drug-likeness (QED) is 0.748. The second-order valence-electron chi connectivity index (χ2n) is 7.19. The fourth-order valence-corrected chi connectivity index (χ4v) is 3.96. The van der Waals surface area contributed by atoms with Crippen molar-refractivity contribution in [3.05, 3.63) is 0 Å². The Balaban J connectivity index is 1.85. The van der Waals surface area contributed by atoms with Gasteiger partial charge in [-0.3, -0.25) is 9.59 Å². The Morgan fingerprint density at radius 1 is 1.05 bits per heavy atom. The molecule has 1 atom stereocenters. The Morgan fingerprint density at radius 3 is 2.32 bits per heavy atom. The van der Waals surface area contributed by atoms with E-state index in [-0.39, 0.29) is 11.8 Å². The predicted molar refractivity (Wildman–Crippen MR) is 88.5 cm³/mol. The van der Waals surface area contributed by atoms with E-state index in [0.29, 0.717) is 24.9 Å². The van der Waals surface area contributed by atoms with E-state index in [2.05, 4.69) is 6.92 Å². The second kappa shape index (κ2) is 8.54. The highest BCUT2D eigenvalue weighted by Crippen LogP contribution is 2.23. The number of carbonyl (C=O) groups excluding carboxylic acids is 2. The minimum Gasteiger partial charge on any atom is -0.342 e. The topological polar surface area (TPSA) is 40.6 Å². The number of hydrogen-bond donors (Lipinski definition) is 0. The van der Waals surface area contributed by atoms with Crippen molar-refractivity contribution in [2.45, 2.75) is 77.7 Å². The maximum atomic E-state index is 12.4. The van der Waals surface area contributed by atoms with Crippen LogP contribution in [0.5, 0.6) is 0 Å². The zero-order valence-electron chi connectivity index (χ0n) is 14.4. The molecule has 2 aliphatic rings. The number of amides is 2. The zero-order valence-corrected chi connectivity index (χ0v) is 14.4. The smallest absolute Gasteiger partial charge is 0.224 e. The van der Waals surface area contributed by atoms with Crippen molar-refractivity contribution in [2.75, 3.05) is 19.6 Å². The Morgan fingerprint density at radius 2 is 1.73 bits per heavy atom. The number of nitrogens with zero attached hydrogens (tertiary/aromatic N) is 2. The second-order valence-corrected chi connectivity index (χ2v) is 7.19. The zero-order chi connectivity index (χ0) is 15.9. The van der Waals surface area contributed by atoms with Crippen LogP contribution in [0.15, 0.2) is 0 Å². The van der Waals surface area contributed by atoms with E-state index >= 15 is 0 Å². The monoisotopic (exact) mass is 308 g/mol. The summed E-state index contributed by atoms with van der Waals surface area (Å²) in [4.78, 5) is 28.4. The van der Waals surface area contributed by atoms with Gasteiger partial charge in [0, 0.05) is 39.0 Å². The summed E-state index contributed by atoms with van der Waals surface area (Å²) >= 11 is 0. The van der Waals surface area contributed by atoms with Gasteiger partial charge in [0.25, 0.3) is 0 Å². The van der Waals surface area contributed by atoms with Gasteiger partial charge in [0.2, 0.25) is 11.8 Å². The lowest BCUT2D eigenvalue weighted by Gasteiger charge is -2.33. The van der Waals surface area contributed by atoms with Crippen molar-refractivity contribution in [2.24, 2.45) is 5.92 Å². The van der Waals surface area contributed by atoms with Crippen LogP contribution in [0.1, 0.15) is 71.6 Å². The first-order chi connectivity index (χ1) is 10.6. The lowest BCUT2D eigenvalue weighted by atomic mass is 10.00. The summed E-state index contributed by atoms with van der Waals surface area (Å²) < 4.78 is 0. The van der Waals surface area contributed by atoms with Crippen molar-refractivity contribution in [1.82, 2.24) is 9.80 Å². The summed E-state index contributed by atoms with van der Waals surface area (Å²) in [5.41, 5.74) is 0. The Kier molecular flexibility index (Phi) is 6.71. The molecule has 0 radical (unpaired) electrons. The van der Waals surface area contributed by atoms with Gasteiger partial charge in [0.15, 0.2) is 0 Å². The first kappa shape index (κ1) is 17.3. The van der Waals surface area contributed by atoms with E-state index in [9.17, 15) is 9.59 Å².